The molecule has 4 amide bonds. The van der Waals surface area contributed by atoms with Crippen LogP contribution in [-0.2, 0) is 28.8 Å². The summed E-state index contributed by atoms with van der Waals surface area (Å²) in [6.07, 6.45) is -0.546. The van der Waals surface area contributed by atoms with Crippen molar-refractivity contribution in [1.82, 2.24) is 15.5 Å². The molecule has 0 aromatic rings. The number of carboxylic acids is 2. The molecule has 1 aliphatic heterocycles. The van der Waals surface area contributed by atoms with Gasteiger partial charge in [-0.1, -0.05) is 0 Å². The monoisotopic (exact) mass is 445 g/mol. The first kappa shape index (κ1) is 25.8. The summed E-state index contributed by atoms with van der Waals surface area (Å²) in [5, 5.41) is 32.0. The molecule has 1 heterocycles. The van der Waals surface area contributed by atoms with E-state index in [2.05, 4.69) is 10.6 Å². The van der Waals surface area contributed by atoms with Crippen molar-refractivity contribution in [3.05, 3.63) is 0 Å². The van der Waals surface area contributed by atoms with Crippen LogP contribution < -0.4 is 22.1 Å². The van der Waals surface area contributed by atoms with Crippen LogP contribution in [0.1, 0.15) is 32.1 Å². The fourth-order valence-corrected chi connectivity index (χ4v) is 3.04. The second kappa shape index (κ2) is 11.8. The van der Waals surface area contributed by atoms with E-state index in [1.54, 1.807) is 0 Å². The van der Waals surface area contributed by atoms with Gasteiger partial charge in [-0.05, 0) is 19.3 Å². The predicted octanol–water partition coefficient (Wildman–Crippen LogP) is -3.91. The van der Waals surface area contributed by atoms with Gasteiger partial charge in [-0.25, -0.2) is 4.79 Å². The molecule has 0 radical (unpaired) electrons. The maximum atomic E-state index is 12.6. The normalized spacial score (nSPS) is 18.5. The number of aliphatic hydroxyl groups is 1. The number of aliphatic hydroxyl groups excluding tert-OH is 1. The molecule has 1 fully saturated rings. The summed E-state index contributed by atoms with van der Waals surface area (Å²) in [6.45, 7) is -0.758. The standard InChI is InChI=1S/C17H27N5O9/c18-8(3-4-12(19)24)14(27)20-9(6-13(25)26)15(28)21-10(7-23)16(29)22-5-1-2-11(22)17(30)31/h8-11,23H,1-7,18H2,(H2,19,24)(H,20,27)(H,21,28)(H,25,26)(H,30,31). The van der Waals surface area contributed by atoms with E-state index < -0.39 is 72.8 Å². The zero-order valence-electron chi connectivity index (χ0n) is 16.7. The van der Waals surface area contributed by atoms with Gasteiger partial charge < -0.3 is 42.3 Å². The summed E-state index contributed by atoms with van der Waals surface area (Å²) in [5.41, 5.74) is 10.6. The Morgan fingerprint density at radius 2 is 1.65 bits per heavy atom. The van der Waals surface area contributed by atoms with E-state index in [0.717, 1.165) is 4.90 Å². The number of nitrogens with zero attached hydrogens (tertiary/aromatic N) is 1. The van der Waals surface area contributed by atoms with E-state index >= 15 is 0 Å². The van der Waals surface area contributed by atoms with E-state index in [-0.39, 0.29) is 25.8 Å². The fourth-order valence-electron chi connectivity index (χ4n) is 3.04. The van der Waals surface area contributed by atoms with Crippen molar-refractivity contribution in [1.29, 1.82) is 0 Å². The minimum absolute atomic E-state index is 0.117. The van der Waals surface area contributed by atoms with Crippen LogP contribution >= 0.6 is 0 Å². The molecule has 1 aliphatic rings. The molecule has 9 N–H and O–H groups in total. The molecule has 4 unspecified atom stereocenters. The molecule has 1 rings (SSSR count). The highest BCUT2D eigenvalue weighted by Crippen LogP contribution is 2.18. The number of rotatable bonds is 12. The van der Waals surface area contributed by atoms with Gasteiger partial charge in [0.25, 0.3) is 0 Å². The Morgan fingerprint density at radius 1 is 1.03 bits per heavy atom. The molecule has 174 valence electrons. The van der Waals surface area contributed by atoms with Crippen LogP contribution in [0.15, 0.2) is 0 Å². The summed E-state index contributed by atoms with van der Waals surface area (Å²) >= 11 is 0. The predicted molar refractivity (Wildman–Crippen MR) is 102 cm³/mol. The number of hydrogen-bond donors (Lipinski definition) is 7. The first-order chi connectivity index (χ1) is 14.5. The maximum Gasteiger partial charge on any atom is 0.326 e. The number of carboxylic acid groups (broad SMARTS) is 2. The van der Waals surface area contributed by atoms with Gasteiger partial charge in [0.1, 0.15) is 18.1 Å². The van der Waals surface area contributed by atoms with Crippen molar-refractivity contribution in [2.75, 3.05) is 13.2 Å². The Balaban J connectivity index is 2.85. The zero-order valence-corrected chi connectivity index (χ0v) is 16.7. The molecule has 0 spiro atoms. The molecular formula is C17H27N5O9. The van der Waals surface area contributed by atoms with Crippen molar-refractivity contribution >= 4 is 35.6 Å². The largest absolute Gasteiger partial charge is 0.481 e. The summed E-state index contributed by atoms with van der Waals surface area (Å²) in [6, 6.07) is -5.52. The molecule has 4 atom stereocenters. The smallest absolute Gasteiger partial charge is 0.326 e. The Kier molecular flexibility index (Phi) is 9.82. The fraction of sp³-hybridized carbons (Fsp3) is 0.647. The van der Waals surface area contributed by atoms with Crippen LogP contribution in [0.25, 0.3) is 0 Å². The molecule has 0 aliphatic carbocycles. The van der Waals surface area contributed by atoms with Crippen LogP contribution in [0.2, 0.25) is 0 Å². The molecule has 14 nitrogen and oxygen atoms in total. The topological polar surface area (TPSA) is 242 Å². The third-order valence-corrected chi connectivity index (χ3v) is 4.67. The summed E-state index contributed by atoms with van der Waals surface area (Å²) in [5.74, 6) is -6.22. The minimum atomic E-state index is -1.64. The highest BCUT2D eigenvalue weighted by molar-refractivity contribution is 5.95. The summed E-state index contributed by atoms with van der Waals surface area (Å²) in [4.78, 5) is 71.3. The Morgan fingerprint density at radius 3 is 2.16 bits per heavy atom. The average Bonchev–Trinajstić information content (AvgIpc) is 3.18. The van der Waals surface area contributed by atoms with Crippen molar-refractivity contribution in [3.8, 4) is 0 Å². The highest BCUT2D eigenvalue weighted by Gasteiger charge is 2.38. The van der Waals surface area contributed by atoms with Gasteiger partial charge >= 0.3 is 11.9 Å². The van der Waals surface area contributed by atoms with Gasteiger partial charge in [-0.2, -0.15) is 0 Å². The summed E-state index contributed by atoms with van der Waals surface area (Å²) < 4.78 is 0. The molecule has 0 saturated carbocycles. The van der Waals surface area contributed by atoms with Crippen LogP contribution in [0.3, 0.4) is 0 Å². The molecule has 1 saturated heterocycles. The van der Waals surface area contributed by atoms with Gasteiger partial charge in [0.05, 0.1) is 19.1 Å². The molecule has 0 bridgehead atoms. The first-order valence-corrected chi connectivity index (χ1v) is 9.48. The van der Waals surface area contributed by atoms with Gasteiger partial charge in [-0.3, -0.25) is 24.0 Å². The SMILES string of the molecule is NC(=O)CCC(N)C(=O)NC(CC(=O)O)C(=O)NC(CO)C(=O)N1CCCC1C(=O)O. The van der Waals surface area contributed by atoms with E-state index in [4.69, 9.17) is 16.6 Å². The van der Waals surface area contributed by atoms with E-state index in [0.29, 0.717) is 6.42 Å². The summed E-state index contributed by atoms with van der Waals surface area (Å²) in [7, 11) is 0. The molecule has 0 aromatic heterocycles. The number of likely N-dealkylation sites (tertiary alicyclic amines) is 1. The van der Waals surface area contributed by atoms with E-state index in [1.807, 2.05) is 0 Å². The average molecular weight is 445 g/mol. The molecule has 14 heteroatoms. The lowest BCUT2D eigenvalue weighted by molar-refractivity contribution is -0.150. The van der Waals surface area contributed by atoms with Crippen molar-refractivity contribution < 1.29 is 44.1 Å². The van der Waals surface area contributed by atoms with Crippen molar-refractivity contribution in [2.45, 2.75) is 56.3 Å². The molecule has 0 aromatic carbocycles. The third kappa shape index (κ3) is 7.82. The van der Waals surface area contributed by atoms with E-state index in [1.165, 1.54) is 0 Å². The Bertz CT molecular complexity index is 729. The second-order valence-electron chi connectivity index (χ2n) is 7.04. The number of nitrogens with one attached hydrogen (secondary N) is 2. The van der Waals surface area contributed by atoms with Crippen LogP contribution in [0, 0.1) is 0 Å². The van der Waals surface area contributed by atoms with E-state index in [9.17, 15) is 39.0 Å². The zero-order chi connectivity index (χ0) is 23.7. The number of primary amides is 1. The lowest BCUT2D eigenvalue weighted by Gasteiger charge is -2.27. The third-order valence-electron chi connectivity index (χ3n) is 4.67. The van der Waals surface area contributed by atoms with Gasteiger partial charge in [0.2, 0.25) is 23.6 Å². The maximum absolute atomic E-state index is 12.6. The number of nitrogens with two attached hydrogens (primary N) is 2. The van der Waals surface area contributed by atoms with Crippen molar-refractivity contribution in [2.24, 2.45) is 11.5 Å². The minimum Gasteiger partial charge on any atom is -0.481 e. The van der Waals surface area contributed by atoms with Crippen LogP contribution in [-0.4, -0.2) is 93.1 Å². The lowest BCUT2D eigenvalue weighted by Crippen LogP contribution is -2.58. The number of carbonyl (C=O) groups excluding carboxylic acids is 4. The second-order valence-corrected chi connectivity index (χ2v) is 7.04. The Labute approximate surface area is 176 Å². The lowest BCUT2D eigenvalue weighted by atomic mass is 10.1. The van der Waals surface area contributed by atoms with Crippen LogP contribution in [0.5, 0.6) is 0 Å². The number of carbonyl (C=O) groups is 6. The number of aliphatic carboxylic acids is 2. The van der Waals surface area contributed by atoms with Crippen LogP contribution in [0.4, 0.5) is 0 Å². The number of amides is 4. The Hall–Kier alpha value is -3.26. The van der Waals surface area contributed by atoms with Crippen molar-refractivity contribution in [3.63, 3.8) is 0 Å². The molecule has 31 heavy (non-hydrogen) atoms. The quantitative estimate of drug-likeness (QED) is 0.154. The highest BCUT2D eigenvalue weighted by atomic mass is 16.4. The number of hydrogen-bond acceptors (Lipinski definition) is 8. The van der Waals surface area contributed by atoms with Gasteiger partial charge in [0.15, 0.2) is 0 Å². The first-order valence-electron chi connectivity index (χ1n) is 9.48. The van der Waals surface area contributed by atoms with Gasteiger partial charge in [0, 0.05) is 13.0 Å². The van der Waals surface area contributed by atoms with Gasteiger partial charge in [-0.15, -0.1) is 0 Å². The molecular weight excluding hydrogens is 418 g/mol.